The number of rotatable bonds is 8. The number of anilines is 2. The smallest absolute Gasteiger partial charge is 0.243 e. The molecule has 0 aromatic heterocycles. The van der Waals surface area contributed by atoms with Crippen LogP contribution in [0.1, 0.15) is 12.5 Å². The van der Waals surface area contributed by atoms with E-state index in [9.17, 15) is 18.0 Å². The number of amides is 2. The van der Waals surface area contributed by atoms with Gasteiger partial charge in [0.05, 0.1) is 11.4 Å². The van der Waals surface area contributed by atoms with Gasteiger partial charge in [-0.3, -0.25) is 9.59 Å². The molecular formula is C23H22ClN3O4S. The molecule has 3 aromatic rings. The standard InChI is InChI=1S/C23H22ClN3O4S/c1-17(28)25-20-11-13-21(14-12-20)26-23(29)16-27(15-18-7-9-19(24)10-8-18)32(30,31)22-5-3-2-4-6-22/h2-14H,15-16H2,1H3,(H,25,28)(H,26,29). The minimum Gasteiger partial charge on any atom is -0.326 e. The van der Waals surface area contributed by atoms with Crippen molar-refractivity contribution in [2.24, 2.45) is 0 Å². The Bertz CT molecular complexity index is 1180. The van der Waals surface area contributed by atoms with Crippen molar-refractivity contribution >= 4 is 44.8 Å². The van der Waals surface area contributed by atoms with Crippen LogP contribution in [0.4, 0.5) is 11.4 Å². The van der Waals surface area contributed by atoms with Gasteiger partial charge in [0, 0.05) is 29.9 Å². The third-order valence-corrected chi connectivity index (χ3v) is 6.52. The number of sulfonamides is 1. The molecule has 0 heterocycles. The van der Waals surface area contributed by atoms with Crippen LogP contribution in [0.3, 0.4) is 0 Å². The maximum absolute atomic E-state index is 13.2. The van der Waals surface area contributed by atoms with Gasteiger partial charge in [-0.05, 0) is 54.1 Å². The van der Waals surface area contributed by atoms with E-state index in [-0.39, 0.29) is 23.9 Å². The number of nitrogens with one attached hydrogen (secondary N) is 2. The number of carbonyl (C=O) groups excluding carboxylic acids is 2. The summed E-state index contributed by atoms with van der Waals surface area (Å²) >= 11 is 5.93. The van der Waals surface area contributed by atoms with Gasteiger partial charge in [-0.2, -0.15) is 4.31 Å². The molecule has 0 aliphatic rings. The quantitative estimate of drug-likeness (QED) is 0.516. The molecule has 2 amide bonds. The number of carbonyl (C=O) groups is 2. The fraction of sp³-hybridized carbons (Fsp3) is 0.130. The van der Waals surface area contributed by atoms with Crippen LogP contribution in [-0.2, 0) is 26.2 Å². The van der Waals surface area contributed by atoms with E-state index in [4.69, 9.17) is 11.6 Å². The lowest BCUT2D eigenvalue weighted by atomic mass is 10.2. The SMILES string of the molecule is CC(=O)Nc1ccc(NC(=O)CN(Cc2ccc(Cl)cc2)S(=O)(=O)c2ccccc2)cc1. The van der Waals surface area contributed by atoms with Crippen LogP contribution >= 0.6 is 11.6 Å². The van der Waals surface area contributed by atoms with Crippen molar-refractivity contribution in [3.8, 4) is 0 Å². The molecule has 0 aliphatic carbocycles. The van der Waals surface area contributed by atoms with Gasteiger partial charge in [0.25, 0.3) is 0 Å². The predicted molar refractivity (Wildman–Crippen MR) is 125 cm³/mol. The molecule has 0 aliphatic heterocycles. The average molecular weight is 472 g/mol. The van der Waals surface area contributed by atoms with Crippen LogP contribution in [0, 0.1) is 0 Å². The molecule has 0 atom stereocenters. The largest absolute Gasteiger partial charge is 0.326 e. The van der Waals surface area contributed by atoms with Crippen molar-refractivity contribution < 1.29 is 18.0 Å². The van der Waals surface area contributed by atoms with Crippen LogP contribution in [0.2, 0.25) is 5.02 Å². The van der Waals surface area contributed by atoms with E-state index in [0.29, 0.717) is 22.0 Å². The van der Waals surface area contributed by atoms with Crippen LogP contribution in [0.15, 0.2) is 83.8 Å². The van der Waals surface area contributed by atoms with Gasteiger partial charge < -0.3 is 10.6 Å². The zero-order valence-electron chi connectivity index (χ0n) is 17.3. The fourth-order valence-corrected chi connectivity index (χ4v) is 4.49. The molecule has 3 rings (SSSR count). The van der Waals surface area contributed by atoms with Crippen LogP contribution in [0.25, 0.3) is 0 Å². The summed E-state index contributed by atoms with van der Waals surface area (Å²) in [6, 6.07) is 21.3. The van der Waals surface area contributed by atoms with Gasteiger partial charge in [0.2, 0.25) is 21.8 Å². The van der Waals surface area contributed by atoms with Gasteiger partial charge in [0.1, 0.15) is 0 Å². The van der Waals surface area contributed by atoms with Gasteiger partial charge >= 0.3 is 0 Å². The summed E-state index contributed by atoms with van der Waals surface area (Å²) in [5.74, 6) is -0.698. The van der Waals surface area contributed by atoms with Gasteiger partial charge in [0.15, 0.2) is 0 Å². The molecule has 166 valence electrons. The highest BCUT2D eigenvalue weighted by atomic mass is 35.5. The Kier molecular flexibility index (Phi) is 7.63. The first kappa shape index (κ1) is 23.5. The predicted octanol–water partition coefficient (Wildman–Crippen LogP) is 4.13. The Morgan fingerprint density at radius 2 is 1.41 bits per heavy atom. The molecule has 9 heteroatoms. The van der Waals surface area contributed by atoms with Crippen LogP contribution < -0.4 is 10.6 Å². The van der Waals surface area contributed by atoms with E-state index in [2.05, 4.69) is 10.6 Å². The topological polar surface area (TPSA) is 95.6 Å². The highest BCUT2D eigenvalue weighted by Gasteiger charge is 2.27. The number of hydrogen-bond donors (Lipinski definition) is 2. The minimum atomic E-state index is -3.92. The van der Waals surface area contributed by atoms with Crippen LogP contribution in [-0.4, -0.2) is 31.1 Å². The molecule has 2 N–H and O–H groups in total. The van der Waals surface area contributed by atoms with Crippen molar-refractivity contribution in [1.82, 2.24) is 4.31 Å². The first-order valence-electron chi connectivity index (χ1n) is 9.71. The first-order chi connectivity index (χ1) is 15.2. The molecule has 32 heavy (non-hydrogen) atoms. The van der Waals surface area contributed by atoms with E-state index < -0.39 is 15.9 Å². The average Bonchev–Trinajstić information content (AvgIpc) is 2.76. The second-order valence-electron chi connectivity index (χ2n) is 7.02. The molecule has 0 saturated carbocycles. The summed E-state index contributed by atoms with van der Waals surface area (Å²) in [4.78, 5) is 23.9. The molecule has 7 nitrogen and oxygen atoms in total. The molecule has 0 radical (unpaired) electrons. The third-order valence-electron chi connectivity index (χ3n) is 4.46. The maximum atomic E-state index is 13.2. The highest BCUT2D eigenvalue weighted by Crippen LogP contribution is 2.20. The summed E-state index contributed by atoms with van der Waals surface area (Å²) in [5.41, 5.74) is 1.76. The molecule has 0 saturated heterocycles. The van der Waals surface area contributed by atoms with Gasteiger partial charge in [-0.25, -0.2) is 8.42 Å². The van der Waals surface area contributed by atoms with Crippen molar-refractivity contribution in [1.29, 1.82) is 0 Å². The number of halogens is 1. The molecule has 3 aromatic carbocycles. The van der Waals surface area contributed by atoms with E-state index in [1.807, 2.05) is 0 Å². The monoisotopic (exact) mass is 471 g/mol. The second-order valence-corrected chi connectivity index (χ2v) is 9.39. The van der Waals surface area contributed by atoms with E-state index in [1.165, 1.54) is 19.1 Å². The maximum Gasteiger partial charge on any atom is 0.243 e. The first-order valence-corrected chi connectivity index (χ1v) is 11.5. The van der Waals surface area contributed by atoms with E-state index in [0.717, 1.165) is 4.31 Å². The van der Waals surface area contributed by atoms with Gasteiger partial charge in [-0.1, -0.05) is 41.9 Å². The summed E-state index contributed by atoms with van der Waals surface area (Å²) in [7, 11) is -3.92. The Hall–Kier alpha value is -3.20. The van der Waals surface area contributed by atoms with Crippen molar-refractivity contribution in [2.75, 3.05) is 17.2 Å². The minimum absolute atomic E-state index is 0.00326. The Morgan fingerprint density at radius 1 is 0.844 bits per heavy atom. The summed E-state index contributed by atoms with van der Waals surface area (Å²) in [5, 5.41) is 5.86. The third kappa shape index (κ3) is 6.40. The molecule has 0 unspecified atom stereocenters. The second kappa shape index (κ2) is 10.4. The molecule has 0 fully saturated rings. The number of nitrogens with zero attached hydrogens (tertiary/aromatic N) is 1. The highest BCUT2D eigenvalue weighted by molar-refractivity contribution is 7.89. The Labute approximate surface area is 192 Å². The lowest BCUT2D eigenvalue weighted by Crippen LogP contribution is -2.37. The van der Waals surface area contributed by atoms with Gasteiger partial charge in [-0.15, -0.1) is 0 Å². The molecule has 0 bridgehead atoms. The summed E-state index contributed by atoms with van der Waals surface area (Å²) in [6.45, 7) is 1.02. The van der Waals surface area contributed by atoms with Crippen molar-refractivity contribution in [2.45, 2.75) is 18.4 Å². The normalized spacial score (nSPS) is 11.2. The lowest BCUT2D eigenvalue weighted by molar-refractivity contribution is -0.116. The number of benzene rings is 3. The zero-order valence-corrected chi connectivity index (χ0v) is 18.9. The lowest BCUT2D eigenvalue weighted by Gasteiger charge is -2.22. The summed E-state index contributed by atoms with van der Waals surface area (Å²) in [6.07, 6.45) is 0. The Morgan fingerprint density at radius 3 is 1.97 bits per heavy atom. The van der Waals surface area contributed by atoms with E-state index in [1.54, 1.807) is 66.7 Å². The van der Waals surface area contributed by atoms with Crippen molar-refractivity contribution in [3.63, 3.8) is 0 Å². The summed E-state index contributed by atoms with van der Waals surface area (Å²) < 4.78 is 27.6. The number of hydrogen-bond acceptors (Lipinski definition) is 4. The molecular weight excluding hydrogens is 450 g/mol. The van der Waals surface area contributed by atoms with E-state index >= 15 is 0 Å². The van der Waals surface area contributed by atoms with Crippen molar-refractivity contribution in [3.05, 3.63) is 89.4 Å². The van der Waals surface area contributed by atoms with Crippen LogP contribution in [0.5, 0.6) is 0 Å². The fourth-order valence-electron chi connectivity index (χ4n) is 2.96. The Balaban J connectivity index is 1.79. The molecule has 0 spiro atoms. The zero-order chi connectivity index (χ0) is 23.1.